The van der Waals surface area contributed by atoms with Gasteiger partial charge >= 0.3 is 0 Å². The summed E-state index contributed by atoms with van der Waals surface area (Å²) in [6.07, 6.45) is 47.1. The number of amides is 3. The average Bonchev–Trinajstić information content (AvgIpc) is 3.29. The largest absolute Gasteiger partial charge is 0.353 e. The van der Waals surface area contributed by atoms with E-state index in [9.17, 15) is 19.2 Å². The van der Waals surface area contributed by atoms with Crippen LogP contribution in [0.5, 0.6) is 0 Å². The molecule has 5 N–H and O–H groups in total. The molecule has 0 heterocycles. The van der Waals surface area contributed by atoms with Gasteiger partial charge < -0.3 is 21.7 Å². The summed E-state index contributed by atoms with van der Waals surface area (Å²) >= 11 is 0. The number of hydrogen-bond donors (Lipinski definition) is 4. The van der Waals surface area contributed by atoms with Crippen molar-refractivity contribution in [1.29, 1.82) is 0 Å². The van der Waals surface area contributed by atoms with Gasteiger partial charge in [-0.15, -0.1) is 0 Å². The van der Waals surface area contributed by atoms with Gasteiger partial charge in [-0.1, -0.05) is 178 Å². The number of benzene rings is 1. The zero-order chi connectivity index (χ0) is 47.3. The molecule has 9 nitrogen and oxygen atoms in total. The van der Waals surface area contributed by atoms with Crippen molar-refractivity contribution in [2.45, 2.75) is 245 Å². The van der Waals surface area contributed by atoms with E-state index in [2.05, 4.69) is 59.1 Å². The van der Waals surface area contributed by atoms with Crippen LogP contribution < -0.4 is 21.7 Å². The van der Waals surface area contributed by atoms with Gasteiger partial charge in [0.1, 0.15) is 6.04 Å². The first kappa shape index (κ1) is 59.4. The van der Waals surface area contributed by atoms with Gasteiger partial charge in [0.15, 0.2) is 5.78 Å². The Morgan fingerprint density at radius 2 is 1.03 bits per heavy atom. The lowest BCUT2D eigenvalue weighted by atomic mass is 9.99. The van der Waals surface area contributed by atoms with Crippen molar-refractivity contribution in [2.24, 2.45) is 10.7 Å². The third-order valence-electron chi connectivity index (χ3n) is 12.1. The maximum atomic E-state index is 13.4. The smallest absolute Gasteiger partial charge is 0.244 e. The summed E-state index contributed by atoms with van der Waals surface area (Å²) in [5.74, 6) is -0.530. The summed E-state index contributed by atoms with van der Waals surface area (Å²) in [5.41, 5.74) is 7.26. The summed E-state index contributed by atoms with van der Waals surface area (Å²) in [4.78, 5) is 56.7. The Hall–Kier alpha value is -3.59. The van der Waals surface area contributed by atoms with Crippen LogP contribution in [0.15, 0.2) is 53.6 Å². The molecule has 370 valence electrons. The molecule has 0 aromatic heterocycles. The number of nitrogens with one attached hydrogen (secondary N) is 3. The van der Waals surface area contributed by atoms with E-state index in [1.54, 1.807) is 6.21 Å². The quantitative estimate of drug-likeness (QED) is 0.0223. The van der Waals surface area contributed by atoms with Gasteiger partial charge in [0.05, 0.1) is 6.54 Å². The number of nitrogens with two attached hydrogens (primary N) is 1. The lowest BCUT2D eigenvalue weighted by molar-refractivity contribution is -0.129. The van der Waals surface area contributed by atoms with Crippen LogP contribution in [0.4, 0.5) is 0 Å². The van der Waals surface area contributed by atoms with Gasteiger partial charge in [-0.3, -0.25) is 24.2 Å². The third kappa shape index (κ3) is 37.2. The fraction of sp³-hybridized carbons (Fsp3) is 0.732. The Morgan fingerprint density at radius 3 is 1.57 bits per heavy atom. The van der Waals surface area contributed by atoms with Crippen LogP contribution in [0.1, 0.15) is 249 Å². The number of unbranched alkanes of at least 4 members (excludes halogenated alkanes) is 24. The standard InChI is InChI=1S/C56H97N5O4/c1-4-6-8-10-12-14-16-18-20-22-24-26-28-30-35-43-54(63)60-48-52(61-55(64)44-36-31-29-27-25-23-21-19-17-15-13-11-9-7-5-2)56(65)59-46-45-58-47-50-40-37-38-41-51(50)53(62)42-34-32-33-39-49(3)57/h18-21,37-38,40-41,47,49,52H,4-17,22-36,39,42-46,48,57H2,1-3H3,(H,59,65)(H,60,63)(H,61,64)/b20-18-,21-19-,58-47?. The average molecular weight is 904 g/mol. The second-order valence-corrected chi connectivity index (χ2v) is 18.5. The SMILES string of the molecule is CCCCCCCC/C=C\CCCCCCCC(=O)NCC(NC(=O)CCCCCCC/C=C\CCCCCCCC)C(=O)NCCN=Cc1ccccc1C(=O)CCCCCC(C)N. The minimum absolute atomic E-state index is 0.0395. The third-order valence-corrected chi connectivity index (χ3v) is 12.1. The van der Waals surface area contributed by atoms with Crippen molar-refractivity contribution >= 4 is 29.7 Å². The molecule has 0 fully saturated rings. The summed E-state index contributed by atoms with van der Waals surface area (Å²) in [5, 5.41) is 8.71. The van der Waals surface area contributed by atoms with Crippen LogP contribution in [0.3, 0.4) is 0 Å². The first-order chi connectivity index (χ1) is 31.8. The van der Waals surface area contributed by atoms with E-state index in [1.165, 1.54) is 103 Å². The number of nitrogens with zero attached hydrogens (tertiary/aromatic N) is 1. The molecule has 65 heavy (non-hydrogen) atoms. The highest BCUT2D eigenvalue weighted by molar-refractivity contribution is 6.03. The number of ketones is 1. The number of aliphatic imine (C=N–C) groups is 1. The second-order valence-electron chi connectivity index (χ2n) is 18.5. The number of allylic oxidation sites excluding steroid dienone is 4. The highest BCUT2D eigenvalue weighted by atomic mass is 16.2. The molecule has 0 aliphatic carbocycles. The lowest BCUT2D eigenvalue weighted by Crippen LogP contribution is -2.53. The Kier molecular flexibility index (Phi) is 40.5. The van der Waals surface area contributed by atoms with Crippen molar-refractivity contribution in [1.82, 2.24) is 16.0 Å². The van der Waals surface area contributed by atoms with Crippen LogP contribution in [0, 0.1) is 0 Å². The van der Waals surface area contributed by atoms with Crippen LogP contribution in [-0.4, -0.2) is 61.4 Å². The summed E-state index contributed by atoms with van der Waals surface area (Å²) in [6.45, 7) is 7.13. The molecule has 0 saturated heterocycles. The van der Waals surface area contributed by atoms with Crippen molar-refractivity contribution < 1.29 is 19.2 Å². The van der Waals surface area contributed by atoms with E-state index in [4.69, 9.17) is 5.73 Å². The summed E-state index contributed by atoms with van der Waals surface area (Å²) < 4.78 is 0. The molecular weight excluding hydrogens is 807 g/mol. The summed E-state index contributed by atoms with van der Waals surface area (Å²) in [7, 11) is 0. The first-order valence-corrected chi connectivity index (χ1v) is 26.8. The second kappa shape index (κ2) is 44.3. The van der Waals surface area contributed by atoms with Crippen LogP contribution in [0.25, 0.3) is 0 Å². The van der Waals surface area contributed by atoms with Crippen molar-refractivity contribution in [3.63, 3.8) is 0 Å². The number of Topliss-reactive ketones (excluding diaryl/α,β-unsaturated/α-hetero) is 1. The Bertz CT molecular complexity index is 1420. The molecule has 3 amide bonds. The molecule has 0 spiro atoms. The van der Waals surface area contributed by atoms with Gasteiger partial charge in [-0.05, 0) is 84.0 Å². The van der Waals surface area contributed by atoms with Gasteiger partial charge in [-0.2, -0.15) is 0 Å². The van der Waals surface area contributed by atoms with E-state index < -0.39 is 6.04 Å². The zero-order valence-electron chi connectivity index (χ0n) is 42.0. The zero-order valence-corrected chi connectivity index (χ0v) is 42.0. The molecule has 0 aliphatic heterocycles. The van der Waals surface area contributed by atoms with E-state index in [-0.39, 0.29) is 42.6 Å². The minimum Gasteiger partial charge on any atom is -0.353 e. The molecule has 2 unspecified atom stereocenters. The minimum atomic E-state index is -0.876. The molecule has 1 rings (SSSR count). The Labute approximate surface area is 398 Å². The normalized spacial score (nSPS) is 12.6. The predicted molar refractivity (Wildman–Crippen MR) is 277 cm³/mol. The van der Waals surface area contributed by atoms with Gasteiger partial charge in [-0.25, -0.2) is 0 Å². The molecule has 0 saturated carbocycles. The highest BCUT2D eigenvalue weighted by Crippen LogP contribution is 2.15. The van der Waals surface area contributed by atoms with E-state index in [0.717, 1.165) is 95.5 Å². The fourth-order valence-corrected chi connectivity index (χ4v) is 7.95. The fourth-order valence-electron chi connectivity index (χ4n) is 7.95. The van der Waals surface area contributed by atoms with Crippen LogP contribution in [0.2, 0.25) is 0 Å². The first-order valence-electron chi connectivity index (χ1n) is 26.8. The van der Waals surface area contributed by atoms with Gasteiger partial charge in [0, 0.05) is 55.7 Å². The molecule has 1 aromatic carbocycles. The predicted octanol–water partition coefficient (Wildman–Crippen LogP) is 13.4. The van der Waals surface area contributed by atoms with Crippen molar-refractivity contribution in [2.75, 3.05) is 19.6 Å². The van der Waals surface area contributed by atoms with Crippen LogP contribution in [-0.2, 0) is 14.4 Å². The number of carbonyl (C=O) groups is 4. The lowest BCUT2D eigenvalue weighted by Gasteiger charge is -2.19. The van der Waals surface area contributed by atoms with E-state index in [0.29, 0.717) is 31.4 Å². The molecule has 1 aromatic rings. The van der Waals surface area contributed by atoms with Gasteiger partial charge in [0.25, 0.3) is 0 Å². The monoisotopic (exact) mass is 904 g/mol. The Morgan fingerprint density at radius 1 is 0.569 bits per heavy atom. The van der Waals surface area contributed by atoms with Gasteiger partial charge in [0.2, 0.25) is 17.7 Å². The topological polar surface area (TPSA) is 143 Å². The number of carbonyl (C=O) groups excluding carboxylic acids is 4. The van der Waals surface area contributed by atoms with E-state index in [1.807, 2.05) is 31.2 Å². The molecule has 9 heteroatoms. The summed E-state index contributed by atoms with van der Waals surface area (Å²) in [6, 6.07) is 6.78. The van der Waals surface area contributed by atoms with E-state index >= 15 is 0 Å². The Balaban J connectivity index is 2.52. The maximum absolute atomic E-state index is 13.4. The van der Waals surface area contributed by atoms with Crippen molar-refractivity contribution in [3.8, 4) is 0 Å². The molecule has 0 aliphatic rings. The molecular formula is C56H97N5O4. The highest BCUT2D eigenvalue weighted by Gasteiger charge is 2.21. The van der Waals surface area contributed by atoms with Crippen LogP contribution >= 0.6 is 0 Å². The maximum Gasteiger partial charge on any atom is 0.244 e. The number of rotatable bonds is 45. The molecule has 2 atom stereocenters. The molecule has 0 radical (unpaired) electrons. The van der Waals surface area contributed by atoms with Crippen molar-refractivity contribution in [3.05, 3.63) is 59.7 Å². The number of hydrogen-bond acceptors (Lipinski definition) is 6. The molecule has 0 bridgehead atoms.